The van der Waals surface area contributed by atoms with Crippen molar-refractivity contribution in [1.82, 2.24) is 5.32 Å². The number of hydrogen-bond donors (Lipinski definition) is 1. The molecule has 1 N–H and O–H groups in total. The summed E-state index contributed by atoms with van der Waals surface area (Å²) in [6.45, 7) is 0.975. The van der Waals surface area contributed by atoms with Crippen molar-refractivity contribution >= 4 is 11.9 Å². The lowest BCUT2D eigenvalue weighted by Gasteiger charge is -2.01. The van der Waals surface area contributed by atoms with E-state index in [1.807, 2.05) is 0 Å². The van der Waals surface area contributed by atoms with Crippen molar-refractivity contribution < 1.29 is 19.1 Å². The van der Waals surface area contributed by atoms with Gasteiger partial charge in [-0.1, -0.05) is 0 Å². The summed E-state index contributed by atoms with van der Waals surface area (Å²) in [6, 6.07) is 0. The summed E-state index contributed by atoms with van der Waals surface area (Å²) >= 11 is 0. The molecular weight excluding hydrogens is 162 g/mol. The zero-order chi connectivity index (χ0) is 9.40. The van der Waals surface area contributed by atoms with E-state index in [1.165, 1.54) is 0 Å². The normalized spacial score (nSPS) is 9.17. The molecule has 0 radical (unpaired) electrons. The third-order valence-corrected chi connectivity index (χ3v) is 1.18. The van der Waals surface area contributed by atoms with Crippen LogP contribution in [-0.2, 0) is 19.1 Å². The molecule has 1 amide bonds. The third-order valence-electron chi connectivity index (χ3n) is 1.18. The van der Waals surface area contributed by atoms with Gasteiger partial charge in [0.05, 0.1) is 7.11 Å². The predicted molar refractivity (Wildman–Crippen MR) is 41.5 cm³/mol. The van der Waals surface area contributed by atoms with Crippen LogP contribution in [0.4, 0.5) is 0 Å². The minimum absolute atomic E-state index is 0.418. The number of nitrogens with one attached hydrogen (secondary N) is 1. The molecule has 70 valence electrons. The minimum atomic E-state index is -0.868. The van der Waals surface area contributed by atoms with Crippen LogP contribution in [0, 0.1) is 0 Å². The van der Waals surface area contributed by atoms with Gasteiger partial charge in [0.25, 0.3) is 0 Å². The van der Waals surface area contributed by atoms with Gasteiger partial charge in [0.2, 0.25) is 0 Å². The van der Waals surface area contributed by atoms with E-state index in [-0.39, 0.29) is 0 Å². The average Bonchev–Trinajstić information content (AvgIpc) is 2.10. The third kappa shape index (κ3) is 4.68. The SMILES string of the molecule is COCCCNC(=O)C(=O)OC. The molecule has 0 saturated heterocycles. The van der Waals surface area contributed by atoms with E-state index < -0.39 is 11.9 Å². The molecular formula is C7H13NO4. The first-order valence-corrected chi connectivity index (χ1v) is 3.57. The molecule has 5 nitrogen and oxygen atoms in total. The van der Waals surface area contributed by atoms with E-state index in [4.69, 9.17) is 4.74 Å². The van der Waals surface area contributed by atoms with Crippen molar-refractivity contribution in [3.05, 3.63) is 0 Å². The summed E-state index contributed by atoms with van der Waals surface area (Å²) in [6.07, 6.45) is 0.680. The zero-order valence-corrected chi connectivity index (χ0v) is 7.25. The van der Waals surface area contributed by atoms with Crippen molar-refractivity contribution in [2.45, 2.75) is 6.42 Å². The first-order chi connectivity index (χ1) is 5.72. The summed E-state index contributed by atoms with van der Waals surface area (Å²) < 4.78 is 8.93. The first kappa shape index (κ1) is 10.9. The monoisotopic (exact) mass is 175 g/mol. The van der Waals surface area contributed by atoms with Crippen LogP contribution in [0.5, 0.6) is 0 Å². The molecule has 0 spiro atoms. The van der Waals surface area contributed by atoms with E-state index in [9.17, 15) is 9.59 Å². The molecule has 0 rings (SSSR count). The lowest BCUT2D eigenvalue weighted by Crippen LogP contribution is -2.32. The van der Waals surface area contributed by atoms with Crippen molar-refractivity contribution in [3.8, 4) is 0 Å². The van der Waals surface area contributed by atoms with Gasteiger partial charge in [-0.05, 0) is 6.42 Å². The van der Waals surface area contributed by atoms with E-state index in [0.29, 0.717) is 19.6 Å². The van der Waals surface area contributed by atoms with Crippen molar-refractivity contribution in [1.29, 1.82) is 0 Å². The summed E-state index contributed by atoms with van der Waals surface area (Å²) in [5.41, 5.74) is 0. The summed E-state index contributed by atoms with van der Waals surface area (Å²) in [7, 11) is 2.74. The molecule has 12 heavy (non-hydrogen) atoms. The standard InChI is InChI=1S/C7H13NO4/c1-11-5-3-4-8-6(9)7(10)12-2/h3-5H2,1-2H3,(H,8,9). The van der Waals surface area contributed by atoms with Gasteiger partial charge in [-0.3, -0.25) is 4.79 Å². The Morgan fingerprint density at radius 2 is 2.00 bits per heavy atom. The predicted octanol–water partition coefficient (Wildman–Crippen LogP) is -0.688. The molecule has 0 aliphatic heterocycles. The van der Waals surface area contributed by atoms with Gasteiger partial charge in [-0.25, -0.2) is 4.79 Å². The van der Waals surface area contributed by atoms with Gasteiger partial charge in [0.1, 0.15) is 0 Å². The Labute approximate surface area is 71.0 Å². The Kier molecular flexibility index (Phi) is 6.00. The van der Waals surface area contributed by atoms with E-state index in [1.54, 1.807) is 7.11 Å². The van der Waals surface area contributed by atoms with Crippen molar-refractivity contribution in [2.75, 3.05) is 27.4 Å². The number of esters is 1. The number of ether oxygens (including phenoxy) is 2. The van der Waals surface area contributed by atoms with Crippen molar-refractivity contribution in [3.63, 3.8) is 0 Å². The minimum Gasteiger partial charge on any atom is -0.462 e. The fourth-order valence-electron chi connectivity index (χ4n) is 0.583. The highest BCUT2D eigenvalue weighted by Gasteiger charge is 2.11. The highest BCUT2D eigenvalue weighted by atomic mass is 16.5. The second kappa shape index (κ2) is 6.60. The van der Waals surface area contributed by atoms with E-state index in [0.717, 1.165) is 7.11 Å². The fraction of sp³-hybridized carbons (Fsp3) is 0.714. The second-order valence-corrected chi connectivity index (χ2v) is 2.09. The zero-order valence-electron chi connectivity index (χ0n) is 7.25. The number of rotatable bonds is 4. The smallest absolute Gasteiger partial charge is 0.396 e. The van der Waals surface area contributed by atoms with Gasteiger partial charge >= 0.3 is 11.9 Å². The fourth-order valence-corrected chi connectivity index (χ4v) is 0.583. The molecule has 0 aromatic carbocycles. The molecule has 0 unspecified atom stereocenters. The Hall–Kier alpha value is -1.10. The molecule has 0 aromatic rings. The second-order valence-electron chi connectivity index (χ2n) is 2.09. The largest absolute Gasteiger partial charge is 0.462 e. The number of amides is 1. The Balaban J connectivity index is 3.38. The average molecular weight is 175 g/mol. The lowest BCUT2D eigenvalue weighted by molar-refractivity contribution is -0.152. The Morgan fingerprint density at radius 3 is 2.50 bits per heavy atom. The number of carbonyl (C=O) groups is 2. The summed E-state index contributed by atoms with van der Waals surface area (Å²) in [5, 5.41) is 2.37. The van der Waals surface area contributed by atoms with Crippen LogP contribution in [0.25, 0.3) is 0 Å². The van der Waals surface area contributed by atoms with Crippen LogP contribution >= 0.6 is 0 Å². The van der Waals surface area contributed by atoms with Crippen LogP contribution in [-0.4, -0.2) is 39.2 Å². The number of hydrogen-bond acceptors (Lipinski definition) is 4. The Morgan fingerprint density at radius 1 is 1.33 bits per heavy atom. The van der Waals surface area contributed by atoms with Crippen LogP contribution in [0.2, 0.25) is 0 Å². The number of methoxy groups -OCH3 is 2. The van der Waals surface area contributed by atoms with Gasteiger partial charge in [-0.15, -0.1) is 0 Å². The van der Waals surface area contributed by atoms with Gasteiger partial charge in [-0.2, -0.15) is 0 Å². The summed E-state index contributed by atoms with van der Waals surface area (Å²) in [5.74, 6) is -1.58. The molecule has 0 aliphatic rings. The molecule has 0 aliphatic carbocycles. The lowest BCUT2D eigenvalue weighted by atomic mass is 10.4. The van der Waals surface area contributed by atoms with Crippen LogP contribution < -0.4 is 5.32 Å². The van der Waals surface area contributed by atoms with Gasteiger partial charge in [0, 0.05) is 20.3 Å². The maximum absolute atomic E-state index is 10.7. The van der Waals surface area contributed by atoms with E-state index >= 15 is 0 Å². The first-order valence-electron chi connectivity index (χ1n) is 3.57. The topological polar surface area (TPSA) is 64.6 Å². The highest BCUT2D eigenvalue weighted by Crippen LogP contribution is 1.78. The molecule has 0 saturated carbocycles. The van der Waals surface area contributed by atoms with Crippen LogP contribution in [0.15, 0.2) is 0 Å². The summed E-state index contributed by atoms with van der Waals surface area (Å²) in [4.78, 5) is 21.2. The quantitative estimate of drug-likeness (QED) is 0.349. The molecule has 0 aromatic heterocycles. The molecule has 0 heterocycles. The highest BCUT2D eigenvalue weighted by molar-refractivity contribution is 6.32. The van der Waals surface area contributed by atoms with Gasteiger partial charge < -0.3 is 14.8 Å². The van der Waals surface area contributed by atoms with E-state index in [2.05, 4.69) is 10.1 Å². The maximum atomic E-state index is 10.7. The van der Waals surface area contributed by atoms with Crippen LogP contribution in [0.1, 0.15) is 6.42 Å². The molecule has 0 atom stereocenters. The number of carbonyl (C=O) groups excluding carboxylic acids is 2. The molecule has 0 bridgehead atoms. The van der Waals surface area contributed by atoms with Crippen LogP contribution in [0.3, 0.4) is 0 Å². The molecule has 5 heteroatoms. The maximum Gasteiger partial charge on any atom is 0.396 e. The van der Waals surface area contributed by atoms with Gasteiger partial charge in [0.15, 0.2) is 0 Å². The Bertz CT molecular complexity index is 157. The molecule has 0 fully saturated rings. The van der Waals surface area contributed by atoms with Crippen molar-refractivity contribution in [2.24, 2.45) is 0 Å².